The molecule has 5 atom stereocenters. The van der Waals surface area contributed by atoms with Gasteiger partial charge in [0.15, 0.2) is 0 Å². The largest absolute Gasteiger partial charge is 0.361 e. The first-order valence-corrected chi connectivity index (χ1v) is 15.3. The van der Waals surface area contributed by atoms with Crippen LogP contribution in [0, 0.1) is 11.7 Å². The van der Waals surface area contributed by atoms with Crippen LogP contribution in [0.4, 0.5) is 4.39 Å². The number of aromatic nitrogens is 1. The number of rotatable bonds is 7. The second-order valence-corrected chi connectivity index (χ2v) is 12.4. The molecule has 2 amide bonds. The number of fused-ring (bicyclic) bond motifs is 2. The number of aromatic amines is 1. The van der Waals surface area contributed by atoms with Gasteiger partial charge >= 0.3 is 0 Å². The molecule has 8 heteroatoms. The van der Waals surface area contributed by atoms with E-state index < -0.39 is 6.04 Å². The third-order valence-corrected chi connectivity index (χ3v) is 10.3. The maximum absolute atomic E-state index is 14.5. The first-order valence-electron chi connectivity index (χ1n) is 15.3. The van der Waals surface area contributed by atoms with Crippen LogP contribution in [0.15, 0.2) is 24.4 Å². The van der Waals surface area contributed by atoms with Gasteiger partial charge in [-0.3, -0.25) is 14.5 Å². The third kappa shape index (κ3) is 4.99. The van der Waals surface area contributed by atoms with Crippen LogP contribution in [0.2, 0.25) is 0 Å². The van der Waals surface area contributed by atoms with Crippen LogP contribution in [0.1, 0.15) is 82.6 Å². The number of halogens is 1. The molecule has 0 bridgehead atoms. The van der Waals surface area contributed by atoms with Crippen LogP contribution in [-0.4, -0.2) is 76.9 Å². The molecule has 2 aromatic rings. The number of nitrogens with zero attached hydrogens (tertiary/aromatic N) is 2. The van der Waals surface area contributed by atoms with E-state index in [1.807, 2.05) is 19.2 Å². The van der Waals surface area contributed by atoms with Crippen molar-refractivity contribution in [3.05, 3.63) is 35.8 Å². The predicted octanol–water partition coefficient (Wildman–Crippen LogP) is 4.29. The van der Waals surface area contributed by atoms with Gasteiger partial charge in [0.1, 0.15) is 11.9 Å². The van der Waals surface area contributed by atoms with Gasteiger partial charge in [-0.15, -0.1) is 0 Å². The average molecular weight is 538 g/mol. The quantitative estimate of drug-likeness (QED) is 0.492. The van der Waals surface area contributed by atoms with Gasteiger partial charge in [-0.1, -0.05) is 32.1 Å². The van der Waals surface area contributed by atoms with Crippen molar-refractivity contribution in [2.24, 2.45) is 5.92 Å². The fourth-order valence-electron chi connectivity index (χ4n) is 8.18. The molecule has 39 heavy (non-hydrogen) atoms. The Bertz CT molecular complexity index is 1190. The Morgan fingerprint density at radius 3 is 2.54 bits per heavy atom. The molecule has 3 N–H and O–H groups in total. The topological polar surface area (TPSA) is 80.5 Å². The van der Waals surface area contributed by atoms with Crippen LogP contribution in [0.25, 0.3) is 10.9 Å². The Morgan fingerprint density at radius 2 is 1.79 bits per heavy atom. The summed E-state index contributed by atoms with van der Waals surface area (Å²) in [6.07, 6.45) is 13.4. The summed E-state index contributed by atoms with van der Waals surface area (Å²) in [4.78, 5) is 35.7. The van der Waals surface area contributed by atoms with Gasteiger partial charge in [0, 0.05) is 48.2 Å². The van der Waals surface area contributed by atoms with Gasteiger partial charge in [0.25, 0.3) is 0 Å². The van der Waals surface area contributed by atoms with Crippen molar-refractivity contribution < 1.29 is 14.0 Å². The summed E-state index contributed by atoms with van der Waals surface area (Å²) in [6.45, 7) is 3.49. The number of hydrogen-bond donors (Lipinski definition) is 3. The van der Waals surface area contributed by atoms with Crippen LogP contribution in [0.5, 0.6) is 0 Å². The molecule has 0 radical (unpaired) electrons. The lowest BCUT2D eigenvalue weighted by Gasteiger charge is -2.36. The Morgan fingerprint density at radius 1 is 1.05 bits per heavy atom. The Hall–Kier alpha value is -2.45. The van der Waals surface area contributed by atoms with Gasteiger partial charge in [-0.2, -0.15) is 0 Å². The molecular weight excluding hydrogens is 493 g/mol. The van der Waals surface area contributed by atoms with Crippen molar-refractivity contribution in [1.29, 1.82) is 0 Å². The van der Waals surface area contributed by atoms with Crippen molar-refractivity contribution in [3.8, 4) is 0 Å². The van der Waals surface area contributed by atoms with Gasteiger partial charge < -0.3 is 20.5 Å². The highest BCUT2D eigenvalue weighted by atomic mass is 19.1. The highest BCUT2D eigenvalue weighted by Crippen LogP contribution is 2.46. The SMILES string of the molecule is CN[C@@H](C)C(=O)N[C@H](C(=O)N1CC[C@@H]2[C@H]1[C@@H](c1c[nH]c3cc(F)ccc13)CN2C1CCCC1)C1CCCCC1. The van der Waals surface area contributed by atoms with Gasteiger partial charge in [0.05, 0.1) is 12.1 Å². The molecule has 2 saturated heterocycles. The number of benzene rings is 1. The summed E-state index contributed by atoms with van der Waals surface area (Å²) in [7, 11) is 1.78. The standard InChI is InChI=1S/C31H44FN5O2/c1-19(33-2)30(38)35-28(20-8-4-3-5-9-20)31(39)36-15-14-27-29(36)25(18-37(27)22-10-6-7-11-22)24-17-34-26-16-21(32)12-13-23(24)26/h12-13,16-17,19-20,22,25,27-29,33-34H,3-11,14-15,18H2,1-2H3,(H,35,38)/t19-,25+,27+,28-,29+/m0/s1. The van der Waals surface area contributed by atoms with Gasteiger partial charge in [-0.05, 0) is 75.8 Å². The minimum Gasteiger partial charge on any atom is -0.361 e. The summed E-state index contributed by atoms with van der Waals surface area (Å²) < 4.78 is 14.0. The van der Waals surface area contributed by atoms with E-state index in [1.165, 1.54) is 43.7 Å². The first-order chi connectivity index (χ1) is 19.0. The molecule has 1 aromatic carbocycles. The lowest BCUT2D eigenvalue weighted by molar-refractivity contribution is -0.139. The molecule has 4 aliphatic rings. The van der Waals surface area contributed by atoms with Crippen molar-refractivity contribution >= 4 is 22.7 Å². The van der Waals surface area contributed by atoms with Crippen molar-refractivity contribution in [2.45, 2.75) is 107 Å². The molecule has 1 aromatic heterocycles. The Kier molecular flexibility index (Phi) is 7.68. The van der Waals surface area contributed by atoms with Crippen molar-refractivity contribution in [3.63, 3.8) is 0 Å². The Labute approximate surface area is 231 Å². The van der Waals surface area contributed by atoms with E-state index in [9.17, 15) is 14.0 Å². The molecule has 2 saturated carbocycles. The van der Waals surface area contributed by atoms with Crippen LogP contribution >= 0.6 is 0 Å². The summed E-state index contributed by atoms with van der Waals surface area (Å²) in [5, 5.41) is 7.27. The number of H-pyrrole nitrogens is 1. The fourth-order valence-corrected chi connectivity index (χ4v) is 8.18. The summed E-state index contributed by atoms with van der Waals surface area (Å²) >= 11 is 0. The van der Waals surface area contributed by atoms with Crippen molar-refractivity contribution in [2.75, 3.05) is 20.1 Å². The summed E-state index contributed by atoms with van der Waals surface area (Å²) in [6, 6.07) is 5.12. The number of carbonyl (C=O) groups excluding carboxylic acids is 2. The van der Waals surface area contributed by atoms with E-state index >= 15 is 0 Å². The number of nitrogens with one attached hydrogen (secondary N) is 3. The number of carbonyl (C=O) groups is 2. The van der Waals surface area contributed by atoms with Gasteiger partial charge in [-0.25, -0.2) is 4.39 Å². The molecule has 2 aliphatic heterocycles. The zero-order valence-corrected chi connectivity index (χ0v) is 23.4. The van der Waals surface area contributed by atoms with Crippen LogP contribution in [0.3, 0.4) is 0 Å². The minimum atomic E-state index is -0.481. The van der Waals surface area contributed by atoms with E-state index in [0.717, 1.165) is 56.1 Å². The monoisotopic (exact) mass is 537 g/mol. The second kappa shape index (κ2) is 11.2. The number of amides is 2. The average Bonchev–Trinajstić information content (AvgIpc) is 3.75. The normalized spacial score (nSPS) is 28.2. The molecule has 2 aliphatic carbocycles. The zero-order valence-electron chi connectivity index (χ0n) is 23.4. The second-order valence-electron chi connectivity index (χ2n) is 12.4. The summed E-state index contributed by atoms with van der Waals surface area (Å²) in [5.41, 5.74) is 1.99. The predicted molar refractivity (Wildman–Crippen MR) is 151 cm³/mol. The van der Waals surface area contributed by atoms with E-state index in [1.54, 1.807) is 13.1 Å². The van der Waals surface area contributed by atoms with Gasteiger partial charge in [0.2, 0.25) is 11.8 Å². The number of likely N-dealkylation sites (tertiary alicyclic amines) is 2. The molecule has 7 nitrogen and oxygen atoms in total. The molecule has 0 spiro atoms. The minimum absolute atomic E-state index is 0.0619. The third-order valence-electron chi connectivity index (χ3n) is 10.3. The smallest absolute Gasteiger partial charge is 0.245 e. The molecule has 3 heterocycles. The first kappa shape index (κ1) is 26.8. The maximum Gasteiger partial charge on any atom is 0.245 e. The maximum atomic E-state index is 14.5. The molecule has 4 fully saturated rings. The highest BCUT2D eigenvalue weighted by Gasteiger charge is 2.54. The van der Waals surface area contributed by atoms with E-state index in [2.05, 4.69) is 25.4 Å². The van der Waals surface area contributed by atoms with Crippen LogP contribution < -0.4 is 10.6 Å². The van der Waals surface area contributed by atoms with E-state index in [4.69, 9.17) is 0 Å². The van der Waals surface area contributed by atoms with Crippen LogP contribution in [-0.2, 0) is 9.59 Å². The molecule has 0 unspecified atom stereocenters. The number of hydrogen-bond acceptors (Lipinski definition) is 4. The lowest BCUT2D eigenvalue weighted by atomic mass is 9.82. The summed E-state index contributed by atoms with van der Waals surface area (Å²) in [5.74, 6) is 0.0780. The van der Waals surface area contributed by atoms with Crippen molar-refractivity contribution in [1.82, 2.24) is 25.4 Å². The van der Waals surface area contributed by atoms with E-state index in [-0.39, 0.29) is 41.6 Å². The van der Waals surface area contributed by atoms with E-state index in [0.29, 0.717) is 12.1 Å². The fraction of sp³-hybridized carbons (Fsp3) is 0.677. The molecular formula is C31H44FN5O2. The highest BCUT2D eigenvalue weighted by molar-refractivity contribution is 5.90. The zero-order chi connectivity index (χ0) is 27.1. The number of likely N-dealkylation sites (N-methyl/N-ethyl adjacent to an activating group) is 1. The Balaban J connectivity index is 1.33. The molecule has 6 rings (SSSR count). The lowest BCUT2D eigenvalue weighted by Crippen LogP contribution is -2.57. The molecule has 212 valence electrons.